The molecule has 3 rings (SSSR count). The number of nitrogens with zero attached hydrogens (tertiary/aromatic N) is 4. The van der Waals surface area contributed by atoms with Gasteiger partial charge in [0.05, 0.1) is 31.9 Å². The van der Waals surface area contributed by atoms with E-state index in [2.05, 4.69) is 20.8 Å². The minimum Gasteiger partial charge on any atom is -0.465 e. The smallest absolute Gasteiger partial charge is 0.337 e. The molecule has 27 heavy (non-hydrogen) atoms. The van der Waals surface area contributed by atoms with Gasteiger partial charge in [-0.25, -0.2) is 14.3 Å². The molecule has 10 nitrogen and oxygen atoms in total. The molecule has 0 radical (unpaired) electrons. The van der Waals surface area contributed by atoms with Crippen LogP contribution in [-0.2, 0) is 23.1 Å². The number of ether oxygens (including phenoxy) is 2. The molecule has 1 aromatic carbocycles. The summed E-state index contributed by atoms with van der Waals surface area (Å²) in [6, 6.07) is 8.09. The Morgan fingerprint density at radius 1 is 1.11 bits per heavy atom. The summed E-state index contributed by atoms with van der Waals surface area (Å²) in [4.78, 5) is 23.8. The molecule has 0 spiro atoms. The van der Waals surface area contributed by atoms with E-state index in [9.17, 15) is 9.59 Å². The fourth-order valence-electron chi connectivity index (χ4n) is 2.41. The highest BCUT2D eigenvalue weighted by Crippen LogP contribution is 2.26. The average molecular weight is 371 g/mol. The SMILES string of the molecule is COC(=O)c1cc(C(=O)OC)cc(-c2ccc(CNc3nnnn3C)o2)c1. The normalized spacial score (nSPS) is 10.5. The van der Waals surface area contributed by atoms with Crippen molar-refractivity contribution in [3.05, 3.63) is 47.2 Å². The molecule has 0 unspecified atom stereocenters. The molecule has 2 heterocycles. The zero-order chi connectivity index (χ0) is 19.4. The van der Waals surface area contributed by atoms with Gasteiger partial charge in [0, 0.05) is 12.6 Å². The zero-order valence-corrected chi connectivity index (χ0v) is 14.9. The lowest BCUT2D eigenvalue weighted by Crippen LogP contribution is -2.07. The molecule has 0 aliphatic carbocycles. The number of furan rings is 1. The highest BCUT2D eigenvalue weighted by Gasteiger charge is 2.16. The highest BCUT2D eigenvalue weighted by molar-refractivity contribution is 5.97. The summed E-state index contributed by atoms with van der Waals surface area (Å²) >= 11 is 0. The first-order valence-corrected chi connectivity index (χ1v) is 7.89. The first-order valence-electron chi connectivity index (χ1n) is 7.89. The van der Waals surface area contributed by atoms with E-state index in [0.717, 1.165) is 0 Å². The third-order valence-corrected chi connectivity index (χ3v) is 3.76. The molecule has 140 valence electrons. The van der Waals surface area contributed by atoms with E-state index in [1.54, 1.807) is 31.3 Å². The van der Waals surface area contributed by atoms with Gasteiger partial charge in [0.2, 0.25) is 5.95 Å². The van der Waals surface area contributed by atoms with Crippen LogP contribution in [0.2, 0.25) is 0 Å². The molecule has 0 saturated heterocycles. The van der Waals surface area contributed by atoms with E-state index in [4.69, 9.17) is 13.9 Å². The Morgan fingerprint density at radius 2 is 1.78 bits per heavy atom. The molecule has 1 N–H and O–H groups in total. The Kier molecular flexibility index (Phi) is 5.15. The number of hydrogen-bond acceptors (Lipinski definition) is 9. The lowest BCUT2D eigenvalue weighted by molar-refractivity contribution is 0.0599. The summed E-state index contributed by atoms with van der Waals surface area (Å²) < 4.78 is 16.8. The summed E-state index contributed by atoms with van der Waals surface area (Å²) in [5, 5.41) is 14.1. The van der Waals surface area contributed by atoms with Crippen molar-refractivity contribution in [1.82, 2.24) is 20.2 Å². The monoisotopic (exact) mass is 371 g/mol. The standard InChI is InChI=1S/C17H17N5O5/c1-22-17(19-20-21-22)18-9-13-4-5-14(27-13)10-6-11(15(23)25-2)8-12(7-10)16(24)26-3/h4-8H,9H2,1-3H3,(H,18,19,21). The Balaban J connectivity index is 1.87. The first-order chi connectivity index (χ1) is 13.0. The Labute approximate surface area is 154 Å². The number of carbonyl (C=O) groups excluding carboxylic acids is 2. The van der Waals surface area contributed by atoms with Gasteiger partial charge in [-0.15, -0.1) is 0 Å². The van der Waals surface area contributed by atoms with Gasteiger partial charge in [-0.2, -0.15) is 0 Å². The molecule has 0 aliphatic rings. The van der Waals surface area contributed by atoms with Crippen molar-refractivity contribution in [2.24, 2.45) is 7.05 Å². The van der Waals surface area contributed by atoms with Crippen molar-refractivity contribution in [3.8, 4) is 11.3 Å². The number of hydrogen-bond donors (Lipinski definition) is 1. The molecule has 0 bridgehead atoms. The van der Waals surface area contributed by atoms with Crippen molar-refractivity contribution < 1.29 is 23.5 Å². The average Bonchev–Trinajstić information content (AvgIpc) is 3.33. The number of rotatable bonds is 6. The van der Waals surface area contributed by atoms with Gasteiger partial charge < -0.3 is 19.2 Å². The second-order valence-electron chi connectivity index (χ2n) is 5.53. The van der Waals surface area contributed by atoms with Gasteiger partial charge in [0.1, 0.15) is 11.5 Å². The van der Waals surface area contributed by atoms with Crippen LogP contribution in [-0.4, -0.2) is 46.4 Å². The van der Waals surface area contributed by atoms with E-state index in [0.29, 0.717) is 29.6 Å². The van der Waals surface area contributed by atoms with Crippen LogP contribution in [0.5, 0.6) is 0 Å². The van der Waals surface area contributed by atoms with Crippen molar-refractivity contribution in [2.75, 3.05) is 19.5 Å². The van der Waals surface area contributed by atoms with Gasteiger partial charge in [-0.1, -0.05) is 5.10 Å². The lowest BCUT2D eigenvalue weighted by atomic mass is 10.0. The molecule has 0 aliphatic heterocycles. The molecule has 10 heteroatoms. The van der Waals surface area contributed by atoms with Gasteiger partial charge in [-0.3, -0.25) is 0 Å². The zero-order valence-electron chi connectivity index (χ0n) is 14.9. The summed E-state index contributed by atoms with van der Waals surface area (Å²) in [5.74, 6) is 0.471. The molecule has 0 amide bonds. The summed E-state index contributed by atoms with van der Waals surface area (Å²) in [6.07, 6.45) is 0. The fourth-order valence-corrected chi connectivity index (χ4v) is 2.41. The van der Waals surface area contributed by atoms with E-state index in [1.165, 1.54) is 25.0 Å². The van der Waals surface area contributed by atoms with E-state index < -0.39 is 11.9 Å². The Bertz CT molecular complexity index is 944. The largest absolute Gasteiger partial charge is 0.465 e. The van der Waals surface area contributed by atoms with E-state index in [-0.39, 0.29) is 11.1 Å². The minimum atomic E-state index is -0.565. The van der Waals surface area contributed by atoms with Crippen LogP contribution in [0.4, 0.5) is 5.95 Å². The maximum absolute atomic E-state index is 11.9. The molecule has 2 aromatic heterocycles. The van der Waals surface area contributed by atoms with Gasteiger partial charge in [-0.05, 0) is 40.8 Å². The van der Waals surface area contributed by atoms with E-state index in [1.807, 2.05) is 0 Å². The third kappa shape index (κ3) is 3.94. The van der Waals surface area contributed by atoms with Crippen LogP contribution >= 0.6 is 0 Å². The van der Waals surface area contributed by atoms with Crippen LogP contribution in [0.3, 0.4) is 0 Å². The maximum Gasteiger partial charge on any atom is 0.337 e. The molecule has 3 aromatic rings. The van der Waals surface area contributed by atoms with Crippen LogP contribution in [0.25, 0.3) is 11.3 Å². The van der Waals surface area contributed by atoms with Gasteiger partial charge >= 0.3 is 11.9 Å². The van der Waals surface area contributed by atoms with Gasteiger partial charge in [0.15, 0.2) is 0 Å². The molecular weight excluding hydrogens is 354 g/mol. The maximum atomic E-state index is 11.9. The number of aromatic nitrogens is 4. The molecule has 0 saturated carbocycles. The Hall–Kier alpha value is -3.69. The predicted octanol–water partition coefficient (Wildman–Crippen LogP) is 1.66. The number of anilines is 1. The van der Waals surface area contributed by atoms with Crippen LogP contribution in [0, 0.1) is 0 Å². The summed E-state index contributed by atoms with van der Waals surface area (Å²) in [7, 11) is 4.25. The summed E-state index contributed by atoms with van der Waals surface area (Å²) in [5.41, 5.74) is 0.984. The van der Waals surface area contributed by atoms with Crippen molar-refractivity contribution >= 4 is 17.9 Å². The summed E-state index contributed by atoms with van der Waals surface area (Å²) in [6.45, 7) is 0.356. The van der Waals surface area contributed by atoms with Crippen LogP contribution in [0.15, 0.2) is 34.7 Å². The highest BCUT2D eigenvalue weighted by atomic mass is 16.5. The number of methoxy groups -OCH3 is 2. The lowest BCUT2D eigenvalue weighted by Gasteiger charge is -2.06. The molecular formula is C17H17N5O5. The number of esters is 2. The quantitative estimate of drug-likeness (QED) is 0.645. The fraction of sp³-hybridized carbons (Fsp3) is 0.235. The number of tetrazole rings is 1. The first kappa shape index (κ1) is 18.1. The molecule has 0 atom stereocenters. The molecule has 0 fully saturated rings. The topological polar surface area (TPSA) is 121 Å². The van der Waals surface area contributed by atoms with Crippen LogP contribution < -0.4 is 5.32 Å². The Morgan fingerprint density at radius 3 is 2.33 bits per heavy atom. The third-order valence-electron chi connectivity index (χ3n) is 3.76. The van der Waals surface area contributed by atoms with E-state index >= 15 is 0 Å². The second kappa shape index (κ2) is 7.68. The number of aryl methyl sites for hydroxylation is 1. The van der Waals surface area contributed by atoms with Crippen molar-refractivity contribution in [1.29, 1.82) is 0 Å². The predicted molar refractivity (Wildman–Crippen MR) is 92.9 cm³/mol. The number of nitrogens with one attached hydrogen (secondary N) is 1. The van der Waals surface area contributed by atoms with Crippen LogP contribution in [0.1, 0.15) is 26.5 Å². The second-order valence-corrected chi connectivity index (χ2v) is 5.53. The minimum absolute atomic E-state index is 0.219. The number of benzene rings is 1. The number of carbonyl (C=O) groups is 2. The van der Waals surface area contributed by atoms with Gasteiger partial charge in [0.25, 0.3) is 0 Å². The van der Waals surface area contributed by atoms with Crippen molar-refractivity contribution in [3.63, 3.8) is 0 Å². The van der Waals surface area contributed by atoms with Crippen molar-refractivity contribution in [2.45, 2.75) is 6.54 Å².